The lowest BCUT2D eigenvalue weighted by Crippen LogP contribution is -2.24. The van der Waals surface area contributed by atoms with Gasteiger partial charge in [0.05, 0.1) is 0 Å². The maximum atomic E-state index is 9.25. The molecular weight excluding hydrogens is 146 g/mol. The topological polar surface area (TPSA) is 32.6 Å². The molecule has 2 nitrogen and oxygen atoms in total. The van der Waals surface area contributed by atoms with Crippen LogP contribution in [0.15, 0.2) is 4.40 Å². The maximum Gasteiger partial charge on any atom is 0.196 e. The van der Waals surface area contributed by atoms with Crippen molar-refractivity contribution in [3.8, 4) is 0 Å². The lowest BCUT2D eigenvalue weighted by atomic mass is 9.89. The fraction of sp³-hybridized carbons (Fsp3) is 0.857. The minimum atomic E-state index is 0.398. The highest BCUT2D eigenvalue weighted by atomic mass is 32.2. The summed E-state index contributed by atoms with van der Waals surface area (Å²) in [5, 5.41) is 9.86. The number of fused-ring (bicyclic) bond motifs is 1. The molecule has 1 aliphatic heterocycles. The van der Waals surface area contributed by atoms with Gasteiger partial charge >= 0.3 is 0 Å². The largest absolute Gasteiger partial charge is 0.496 e. The van der Waals surface area contributed by atoms with Crippen LogP contribution in [0.2, 0.25) is 0 Å². The van der Waals surface area contributed by atoms with Crippen molar-refractivity contribution >= 4 is 17.8 Å². The zero-order valence-electron chi connectivity index (χ0n) is 5.79. The van der Waals surface area contributed by atoms with E-state index >= 15 is 0 Å². The number of aliphatic hydroxyl groups is 1. The Balaban J connectivity index is 2.08. The fourth-order valence-electron chi connectivity index (χ4n) is 1.71. The first kappa shape index (κ1) is 6.53. The molecule has 0 aromatic heterocycles. The van der Waals surface area contributed by atoms with E-state index < -0.39 is 0 Å². The number of hydrogen-bond donors (Lipinski definition) is 1. The Morgan fingerprint density at radius 3 is 3.00 bits per heavy atom. The molecule has 0 radical (unpaired) electrons. The zero-order chi connectivity index (χ0) is 6.97. The van der Waals surface area contributed by atoms with Crippen molar-refractivity contribution in [2.75, 3.05) is 0 Å². The van der Waals surface area contributed by atoms with Gasteiger partial charge in [0.2, 0.25) is 0 Å². The summed E-state index contributed by atoms with van der Waals surface area (Å²) in [4.78, 5) is 0. The van der Waals surface area contributed by atoms with Gasteiger partial charge in [0.1, 0.15) is 0 Å². The summed E-state index contributed by atoms with van der Waals surface area (Å²) < 4.78 is 3.97. The van der Waals surface area contributed by atoms with E-state index in [-0.39, 0.29) is 0 Å². The molecule has 1 aliphatic carbocycles. The molecule has 56 valence electrons. The Labute approximate surface area is 64.9 Å². The van der Waals surface area contributed by atoms with Crippen molar-refractivity contribution in [1.82, 2.24) is 0 Å². The predicted octanol–water partition coefficient (Wildman–Crippen LogP) is 2.16. The van der Waals surface area contributed by atoms with Gasteiger partial charge in [-0.15, -0.1) is 0 Å². The Hall–Kier alpha value is -0.180. The highest BCUT2D eigenvalue weighted by molar-refractivity contribution is 7.99. The fourth-order valence-corrected chi connectivity index (χ4v) is 2.76. The van der Waals surface area contributed by atoms with E-state index in [1.165, 1.54) is 19.3 Å². The average Bonchev–Trinajstić information content (AvgIpc) is 2.34. The van der Waals surface area contributed by atoms with E-state index in [1.807, 2.05) is 0 Å². The highest BCUT2D eigenvalue weighted by Crippen LogP contribution is 2.39. The van der Waals surface area contributed by atoms with Crippen LogP contribution < -0.4 is 0 Å². The molecule has 1 fully saturated rings. The van der Waals surface area contributed by atoms with Crippen molar-refractivity contribution in [3.05, 3.63) is 0 Å². The summed E-state index contributed by atoms with van der Waals surface area (Å²) in [6.07, 6.45) is 4.97. The first-order valence-electron chi connectivity index (χ1n) is 3.80. The smallest absolute Gasteiger partial charge is 0.196 e. The molecule has 1 saturated carbocycles. The van der Waals surface area contributed by atoms with Crippen molar-refractivity contribution in [1.29, 1.82) is 0 Å². The second kappa shape index (κ2) is 2.46. The third-order valence-electron chi connectivity index (χ3n) is 2.32. The van der Waals surface area contributed by atoms with Crippen molar-refractivity contribution in [2.45, 2.75) is 30.9 Å². The van der Waals surface area contributed by atoms with Gasteiger partial charge < -0.3 is 5.11 Å². The third-order valence-corrected chi connectivity index (χ3v) is 3.44. The molecule has 10 heavy (non-hydrogen) atoms. The molecule has 0 amide bonds. The van der Waals surface area contributed by atoms with Gasteiger partial charge in [0.15, 0.2) is 5.90 Å². The van der Waals surface area contributed by atoms with E-state index in [4.69, 9.17) is 0 Å². The monoisotopic (exact) mass is 157 g/mol. The molecule has 0 bridgehead atoms. The van der Waals surface area contributed by atoms with Crippen LogP contribution in [0.4, 0.5) is 0 Å². The summed E-state index contributed by atoms with van der Waals surface area (Å²) in [6, 6.07) is 0. The zero-order valence-corrected chi connectivity index (χ0v) is 6.60. The van der Waals surface area contributed by atoms with Gasteiger partial charge in [0.25, 0.3) is 0 Å². The average molecular weight is 157 g/mol. The third kappa shape index (κ3) is 0.926. The number of hydrogen-bond acceptors (Lipinski definition) is 2. The lowest BCUT2D eigenvalue weighted by Gasteiger charge is -2.22. The summed E-state index contributed by atoms with van der Waals surface area (Å²) in [6.45, 7) is 0. The minimum Gasteiger partial charge on any atom is -0.496 e. The second-order valence-electron chi connectivity index (χ2n) is 2.98. The van der Waals surface area contributed by atoms with Crippen LogP contribution in [0.1, 0.15) is 25.7 Å². The molecule has 1 N–H and O–H groups in total. The standard InChI is InChI=1S/C7H11NOS/c9-7-5-3-1-2-4-6(5)10-8-7/h5-6H,1-4H2,(H,8,9). The quantitative estimate of drug-likeness (QED) is 0.546. The van der Waals surface area contributed by atoms with E-state index in [9.17, 15) is 5.11 Å². The number of nitrogens with zero attached hydrogens (tertiary/aromatic N) is 1. The Kier molecular flexibility index (Phi) is 1.60. The van der Waals surface area contributed by atoms with Gasteiger partial charge in [-0.2, -0.15) is 4.40 Å². The maximum absolute atomic E-state index is 9.25. The lowest BCUT2D eigenvalue weighted by molar-refractivity contribution is 0.400. The summed E-state index contributed by atoms with van der Waals surface area (Å²) in [5.41, 5.74) is 0. The number of aliphatic hydroxyl groups excluding tert-OH is 1. The van der Waals surface area contributed by atoms with Crippen molar-refractivity contribution in [2.24, 2.45) is 10.3 Å². The molecule has 2 unspecified atom stereocenters. The molecule has 0 spiro atoms. The highest BCUT2D eigenvalue weighted by Gasteiger charge is 2.34. The molecule has 2 atom stereocenters. The van der Waals surface area contributed by atoms with Gasteiger partial charge in [-0.1, -0.05) is 12.8 Å². The Bertz CT molecular complexity index is 169. The van der Waals surface area contributed by atoms with Crippen LogP contribution in [-0.2, 0) is 0 Å². The summed E-state index contributed by atoms with van der Waals surface area (Å²) >= 11 is 1.57. The van der Waals surface area contributed by atoms with Gasteiger partial charge in [-0.25, -0.2) is 0 Å². The van der Waals surface area contributed by atoms with Crippen molar-refractivity contribution < 1.29 is 5.11 Å². The molecule has 3 heteroatoms. The molecular formula is C7H11NOS. The SMILES string of the molecule is OC1=NSC2CCCCC12. The Morgan fingerprint density at radius 2 is 2.20 bits per heavy atom. The first-order chi connectivity index (χ1) is 4.88. The van der Waals surface area contributed by atoms with Crippen LogP contribution in [0.3, 0.4) is 0 Å². The predicted molar refractivity (Wildman–Crippen MR) is 43.4 cm³/mol. The second-order valence-corrected chi connectivity index (χ2v) is 3.98. The van der Waals surface area contributed by atoms with E-state index in [1.54, 1.807) is 11.9 Å². The minimum absolute atomic E-state index is 0.398. The molecule has 0 saturated heterocycles. The van der Waals surface area contributed by atoms with Crippen molar-refractivity contribution in [3.63, 3.8) is 0 Å². The summed E-state index contributed by atoms with van der Waals surface area (Å²) in [5.74, 6) is 0.799. The van der Waals surface area contributed by atoms with E-state index in [0.29, 0.717) is 17.1 Å². The normalized spacial score (nSPS) is 39.0. The summed E-state index contributed by atoms with van der Waals surface area (Å²) in [7, 11) is 0. The molecule has 2 aliphatic rings. The van der Waals surface area contributed by atoms with E-state index in [0.717, 1.165) is 6.42 Å². The van der Waals surface area contributed by atoms with Crippen LogP contribution in [-0.4, -0.2) is 16.3 Å². The number of rotatable bonds is 0. The molecule has 0 aromatic carbocycles. The van der Waals surface area contributed by atoms with Crippen LogP contribution in [0, 0.1) is 5.92 Å². The first-order valence-corrected chi connectivity index (χ1v) is 4.64. The van der Waals surface area contributed by atoms with Gasteiger partial charge in [0, 0.05) is 11.2 Å². The molecule has 1 heterocycles. The van der Waals surface area contributed by atoms with Gasteiger partial charge in [-0.3, -0.25) is 0 Å². The van der Waals surface area contributed by atoms with Crippen LogP contribution in [0.5, 0.6) is 0 Å². The van der Waals surface area contributed by atoms with E-state index in [2.05, 4.69) is 4.40 Å². The van der Waals surface area contributed by atoms with Gasteiger partial charge in [-0.05, 0) is 24.8 Å². The van der Waals surface area contributed by atoms with Crippen LogP contribution in [0.25, 0.3) is 0 Å². The molecule has 2 rings (SSSR count). The molecule has 0 aromatic rings. The Morgan fingerprint density at radius 1 is 1.40 bits per heavy atom. The van der Waals surface area contributed by atoms with Crippen LogP contribution >= 0.6 is 11.9 Å².